The molecule has 0 aromatic carbocycles. The fraction of sp³-hybridized carbons (Fsp3) is 0.417. The molecule has 1 atom stereocenters. The molecule has 0 aliphatic heterocycles. The summed E-state index contributed by atoms with van der Waals surface area (Å²) in [6.07, 6.45) is 3.05. The minimum atomic E-state index is -0.263. The summed E-state index contributed by atoms with van der Waals surface area (Å²) in [4.78, 5) is 20.4. The Labute approximate surface area is 98.8 Å². The highest BCUT2D eigenvalue weighted by molar-refractivity contribution is 5.71. The van der Waals surface area contributed by atoms with Crippen molar-refractivity contribution in [1.82, 2.24) is 14.5 Å². The molecule has 0 saturated heterocycles. The summed E-state index contributed by atoms with van der Waals surface area (Å²) in [7, 11) is 0. The van der Waals surface area contributed by atoms with Gasteiger partial charge in [-0.05, 0) is 18.1 Å². The summed E-state index contributed by atoms with van der Waals surface area (Å²) in [5.74, 6) is 0.153. The van der Waals surface area contributed by atoms with Gasteiger partial charge in [0.1, 0.15) is 0 Å². The lowest BCUT2D eigenvalue weighted by Gasteiger charge is -2.20. The van der Waals surface area contributed by atoms with E-state index < -0.39 is 0 Å². The third-order valence-corrected chi connectivity index (χ3v) is 2.86. The lowest BCUT2D eigenvalue weighted by molar-refractivity contribution is 0.189. The topological polar surface area (TPSA) is 68.0 Å². The largest absolute Gasteiger partial charge is 0.394 e. The van der Waals surface area contributed by atoms with Crippen LogP contribution in [0.4, 0.5) is 0 Å². The van der Waals surface area contributed by atoms with E-state index in [1.807, 2.05) is 13.8 Å². The molecular formula is C12H15N3O2. The molecule has 0 aliphatic carbocycles. The van der Waals surface area contributed by atoms with Crippen molar-refractivity contribution in [3.05, 3.63) is 35.0 Å². The van der Waals surface area contributed by atoms with Gasteiger partial charge in [-0.25, -0.2) is 9.97 Å². The van der Waals surface area contributed by atoms with E-state index in [0.29, 0.717) is 11.0 Å². The van der Waals surface area contributed by atoms with Crippen molar-refractivity contribution in [3.8, 4) is 0 Å². The summed E-state index contributed by atoms with van der Waals surface area (Å²) in [6.45, 7) is 3.82. The van der Waals surface area contributed by atoms with Crippen molar-refractivity contribution in [2.24, 2.45) is 5.92 Å². The lowest BCUT2D eigenvalue weighted by Crippen LogP contribution is -2.30. The van der Waals surface area contributed by atoms with Crippen LogP contribution in [0.25, 0.3) is 11.0 Å². The van der Waals surface area contributed by atoms with Crippen LogP contribution in [0.1, 0.15) is 19.9 Å². The highest BCUT2D eigenvalue weighted by Crippen LogP contribution is 2.15. The van der Waals surface area contributed by atoms with Gasteiger partial charge in [0, 0.05) is 6.20 Å². The molecule has 5 nitrogen and oxygen atoms in total. The van der Waals surface area contributed by atoms with Crippen LogP contribution in [0.2, 0.25) is 0 Å². The van der Waals surface area contributed by atoms with E-state index in [4.69, 9.17) is 0 Å². The van der Waals surface area contributed by atoms with Crippen LogP contribution < -0.4 is 5.56 Å². The number of nitrogens with zero attached hydrogens (tertiary/aromatic N) is 3. The Kier molecular flexibility index (Phi) is 3.19. The molecule has 1 N–H and O–H groups in total. The monoisotopic (exact) mass is 233 g/mol. The van der Waals surface area contributed by atoms with Gasteiger partial charge in [-0.1, -0.05) is 13.8 Å². The number of fused-ring (bicyclic) bond motifs is 1. The Morgan fingerprint density at radius 2 is 2.18 bits per heavy atom. The molecule has 0 radical (unpaired) electrons. The highest BCUT2D eigenvalue weighted by atomic mass is 16.3. The second-order valence-corrected chi connectivity index (χ2v) is 4.32. The molecule has 0 unspecified atom stereocenters. The van der Waals surface area contributed by atoms with Gasteiger partial charge in [-0.2, -0.15) is 0 Å². The van der Waals surface area contributed by atoms with E-state index in [-0.39, 0.29) is 24.1 Å². The first-order chi connectivity index (χ1) is 8.15. The van der Waals surface area contributed by atoms with Crippen LogP contribution >= 0.6 is 0 Å². The Morgan fingerprint density at radius 1 is 1.41 bits per heavy atom. The fourth-order valence-electron chi connectivity index (χ4n) is 1.82. The first-order valence-corrected chi connectivity index (χ1v) is 5.58. The summed E-state index contributed by atoms with van der Waals surface area (Å²) in [5.41, 5.74) is 0.714. The quantitative estimate of drug-likeness (QED) is 0.858. The molecule has 17 heavy (non-hydrogen) atoms. The van der Waals surface area contributed by atoms with Gasteiger partial charge in [0.05, 0.1) is 24.5 Å². The fourth-order valence-corrected chi connectivity index (χ4v) is 1.82. The number of hydrogen-bond acceptors (Lipinski definition) is 4. The molecular weight excluding hydrogens is 218 g/mol. The number of aromatic nitrogens is 3. The maximum atomic E-state index is 12.2. The van der Waals surface area contributed by atoms with E-state index in [9.17, 15) is 9.90 Å². The van der Waals surface area contributed by atoms with Crippen molar-refractivity contribution in [2.45, 2.75) is 19.9 Å². The minimum Gasteiger partial charge on any atom is -0.394 e. The number of aliphatic hydroxyl groups is 1. The number of pyridine rings is 1. The zero-order valence-electron chi connectivity index (χ0n) is 9.87. The lowest BCUT2D eigenvalue weighted by atomic mass is 10.1. The third-order valence-electron chi connectivity index (χ3n) is 2.86. The predicted octanol–water partition coefficient (Wildman–Crippen LogP) is 0.981. The van der Waals surface area contributed by atoms with Gasteiger partial charge in [0.25, 0.3) is 5.56 Å². The average molecular weight is 233 g/mol. The molecule has 2 rings (SSSR count). The van der Waals surface area contributed by atoms with Gasteiger partial charge in [-0.15, -0.1) is 0 Å². The van der Waals surface area contributed by atoms with Crippen LogP contribution in [0.3, 0.4) is 0 Å². The molecule has 0 amide bonds. The SMILES string of the molecule is CC(C)[C@@H](CO)n1cnc2cccnc2c1=O. The Bertz CT molecular complexity index is 577. The highest BCUT2D eigenvalue weighted by Gasteiger charge is 2.17. The average Bonchev–Trinajstić information content (AvgIpc) is 2.33. The van der Waals surface area contributed by atoms with Gasteiger partial charge >= 0.3 is 0 Å². The first kappa shape index (κ1) is 11.7. The van der Waals surface area contributed by atoms with Crippen molar-refractivity contribution < 1.29 is 5.11 Å². The third kappa shape index (κ3) is 2.06. The summed E-state index contributed by atoms with van der Waals surface area (Å²) in [5, 5.41) is 9.34. The first-order valence-electron chi connectivity index (χ1n) is 5.58. The summed E-state index contributed by atoms with van der Waals surface area (Å²) >= 11 is 0. The molecule has 5 heteroatoms. The Hall–Kier alpha value is -1.75. The Morgan fingerprint density at radius 3 is 2.82 bits per heavy atom. The molecule has 0 spiro atoms. The number of rotatable bonds is 3. The minimum absolute atomic E-state index is 0.0857. The van der Waals surface area contributed by atoms with E-state index in [1.54, 1.807) is 18.3 Å². The second-order valence-electron chi connectivity index (χ2n) is 4.32. The molecule has 2 aromatic heterocycles. The molecule has 2 heterocycles. The van der Waals surface area contributed by atoms with Crippen molar-refractivity contribution in [3.63, 3.8) is 0 Å². The van der Waals surface area contributed by atoms with Crippen molar-refractivity contribution in [1.29, 1.82) is 0 Å². The molecule has 0 saturated carbocycles. The van der Waals surface area contributed by atoms with Crippen LogP contribution in [0.15, 0.2) is 29.5 Å². The van der Waals surface area contributed by atoms with Gasteiger partial charge in [0.2, 0.25) is 0 Å². The molecule has 0 fully saturated rings. The van der Waals surface area contributed by atoms with Crippen LogP contribution in [-0.4, -0.2) is 26.2 Å². The summed E-state index contributed by atoms with van der Waals surface area (Å²) < 4.78 is 1.46. The van der Waals surface area contributed by atoms with Gasteiger partial charge in [0.15, 0.2) is 5.52 Å². The standard InChI is InChI=1S/C12H15N3O2/c1-8(2)10(6-16)15-7-14-9-4-3-5-13-11(9)12(15)17/h3-5,7-8,10,16H,6H2,1-2H3/t10-/m1/s1. The smallest absolute Gasteiger partial charge is 0.280 e. The van der Waals surface area contributed by atoms with E-state index in [0.717, 1.165) is 0 Å². The molecule has 90 valence electrons. The molecule has 0 aliphatic rings. The number of hydrogen-bond donors (Lipinski definition) is 1. The molecule has 0 bridgehead atoms. The normalized spacial score (nSPS) is 13.2. The van der Waals surface area contributed by atoms with E-state index in [1.165, 1.54) is 10.9 Å². The van der Waals surface area contributed by atoms with Crippen molar-refractivity contribution in [2.75, 3.05) is 6.61 Å². The maximum absolute atomic E-state index is 12.2. The second kappa shape index (κ2) is 4.63. The van der Waals surface area contributed by atoms with Crippen LogP contribution in [0, 0.1) is 5.92 Å². The Balaban J connectivity index is 2.64. The van der Waals surface area contributed by atoms with Crippen molar-refractivity contribution >= 4 is 11.0 Å². The zero-order chi connectivity index (χ0) is 12.4. The molecule has 2 aromatic rings. The predicted molar refractivity (Wildman–Crippen MR) is 64.8 cm³/mol. The summed E-state index contributed by atoms with van der Waals surface area (Å²) in [6, 6.07) is 3.23. The van der Waals surface area contributed by atoms with Gasteiger partial charge < -0.3 is 5.11 Å². The van der Waals surface area contributed by atoms with Gasteiger partial charge in [-0.3, -0.25) is 9.36 Å². The van der Waals surface area contributed by atoms with Crippen LogP contribution in [0.5, 0.6) is 0 Å². The van der Waals surface area contributed by atoms with E-state index >= 15 is 0 Å². The van der Waals surface area contributed by atoms with Crippen LogP contribution in [-0.2, 0) is 0 Å². The number of aliphatic hydroxyl groups excluding tert-OH is 1. The maximum Gasteiger partial charge on any atom is 0.280 e. The van der Waals surface area contributed by atoms with E-state index in [2.05, 4.69) is 9.97 Å². The zero-order valence-corrected chi connectivity index (χ0v) is 9.87.